The number of benzene rings is 1. The Morgan fingerprint density at radius 1 is 1.35 bits per heavy atom. The fraction of sp³-hybridized carbons (Fsp3) is 0.467. The lowest BCUT2D eigenvalue weighted by molar-refractivity contribution is 0.0699. The molecule has 0 saturated heterocycles. The van der Waals surface area contributed by atoms with E-state index in [1.807, 2.05) is 10.6 Å². The first-order valence-electron chi connectivity index (χ1n) is 7.02. The van der Waals surface area contributed by atoms with E-state index in [4.69, 9.17) is 0 Å². The highest BCUT2D eigenvalue weighted by Gasteiger charge is 2.27. The molecule has 3 rings (SSSR count). The van der Waals surface area contributed by atoms with Crippen LogP contribution in [-0.2, 0) is 0 Å². The molecule has 0 bridgehead atoms. The number of aromatic nitrogens is 2. The van der Waals surface area contributed by atoms with Crippen molar-refractivity contribution in [3.8, 4) is 0 Å². The van der Waals surface area contributed by atoms with Gasteiger partial charge >= 0.3 is 5.97 Å². The summed E-state index contributed by atoms with van der Waals surface area (Å²) in [7, 11) is 0. The Morgan fingerprint density at radius 2 is 2.15 bits per heavy atom. The predicted octanol–water partition coefficient (Wildman–Crippen LogP) is 2.46. The first-order chi connectivity index (χ1) is 9.72. The molecule has 1 fully saturated rings. The van der Waals surface area contributed by atoms with E-state index in [-0.39, 0.29) is 24.1 Å². The van der Waals surface area contributed by atoms with Gasteiger partial charge in [-0.1, -0.05) is 18.9 Å². The van der Waals surface area contributed by atoms with Gasteiger partial charge in [-0.3, -0.25) is 0 Å². The van der Waals surface area contributed by atoms with Crippen LogP contribution in [0.4, 0.5) is 0 Å². The maximum Gasteiger partial charge on any atom is 0.337 e. The van der Waals surface area contributed by atoms with Crippen molar-refractivity contribution in [2.24, 2.45) is 5.92 Å². The maximum absolute atomic E-state index is 11.2. The first kappa shape index (κ1) is 13.1. The van der Waals surface area contributed by atoms with Crippen molar-refractivity contribution in [1.29, 1.82) is 0 Å². The zero-order valence-electron chi connectivity index (χ0n) is 11.2. The number of fused-ring (bicyclic) bond motifs is 1. The molecule has 1 aromatic heterocycles. The summed E-state index contributed by atoms with van der Waals surface area (Å²) in [6, 6.07) is 5.44. The second kappa shape index (κ2) is 5.25. The molecule has 2 atom stereocenters. The Labute approximate surface area is 116 Å². The number of carbonyl (C=O) groups is 1. The summed E-state index contributed by atoms with van der Waals surface area (Å²) < 4.78 is 2.04. The molecule has 0 radical (unpaired) electrons. The summed E-state index contributed by atoms with van der Waals surface area (Å²) in [5.74, 6) is -0.724. The highest BCUT2D eigenvalue weighted by Crippen LogP contribution is 2.35. The van der Waals surface area contributed by atoms with Gasteiger partial charge in [0.15, 0.2) is 0 Å². The number of aromatic carboxylic acids is 1. The summed E-state index contributed by atoms with van der Waals surface area (Å²) in [4.78, 5) is 15.5. The Morgan fingerprint density at radius 3 is 2.90 bits per heavy atom. The molecule has 2 unspecified atom stereocenters. The van der Waals surface area contributed by atoms with Gasteiger partial charge in [0.25, 0.3) is 0 Å². The number of hydrogen-bond acceptors (Lipinski definition) is 3. The third-order valence-corrected chi connectivity index (χ3v) is 4.30. The number of para-hydroxylation sites is 1. The van der Waals surface area contributed by atoms with Crippen molar-refractivity contribution in [3.05, 3.63) is 30.1 Å². The zero-order valence-corrected chi connectivity index (χ0v) is 11.2. The van der Waals surface area contributed by atoms with Gasteiger partial charge in [-0.05, 0) is 25.0 Å². The van der Waals surface area contributed by atoms with Crippen molar-refractivity contribution in [2.75, 3.05) is 6.61 Å². The van der Waals surface area contributed by atoms with E-state index >= 15 is 0 Å². The van der Waals surface area contributed by atoms with Crippen LogP contribution in [0.1, 0.15) is 42.1 Å². The number of carboxylic acid groups (broad SMARTS) is 1. The second-order valence-corrected chi connectivity index (χ2v) is 5.42. The molecule has 0 amide bonds. The minimum absolute atomic E-state index is 0.170. The van der Waals surface area contributed by atoms with Gasteiger partial charge in [0.1, 0.15) is 5.52 Å². The second-order valence-electron chi connectivity index (χ2n) is 5.42. The molecular weight excluding hydrogens is 256 g/mol. The van der Waals surface area contributed by atoms with E-state index in [0.29, 0.717) is 5.52 Å². The Balaban J connectivity index is 2.08. The Bertz CT molecular complexity index is 635. The molecule has 5 heteroatoms. The van der Waals surface area contributed by atoms with E-state index in [9.17, 15) is 15.0 Å². The molecule has 1 aliphatic rings. The number of carboxylic acids is 1. The molecule has 0 aliphatic heterocycles. The average Bonchev–Trinajstić information content (AvgIpc) is 2.90. The Kier molecular flexibility index (Phi) is 3.44. The van der Waals surface area contributed by atoms with E-state index in [0.717, 1.165) is 31.2 Å². The molecule has 1 saturated carbocycles. The minimum atomic E-state index is -0.955. The highest BCUT2D eigenvalue weighted by atomic mass is 16.4. The van der Waals surface area contributed by atoms with E-state index in [1.165, 1.54) is 0 Å². The van der Waals surface area contributed by atoms with E-state index in [1.54, 1.807) is 18.5 Å². The van der Waals surface area contributed by atoms with Crippen LogP contribution >= 0.6 is 0 Å². The molecule has 2 aromatic rings. The normalized spacial score (nSPS) is 23.1. The van der Waals surface area contributed by atoms with E-state index in [2.05, 4.69) is 4.98 Å². The minimum Gasteiger partial charge on any atom is -0.478 e. The molecule has 106 valence electrons. The van der Waals surface area contributed by atoms with Crippen LogP contribution in [0.15, 0.2) is 24.5 Å². The van der Waals surface area contributed by atoms with Gasteiger partial charge < -0.3 is 14.8 Å². The summed E-state index contributed by atoms with van der Waals surface area (Å²) in [5.41, 5.74) is 1.61. The molecule has 1 heterocycles. The lowest BCUT2D eigenvalue weighted by Crippen LogP contribution is -2.25. The van der Waals surface area contributed by atoms with Crippen LogP contribution in [0.2, 0.25) is 0 Å². The van der Waals surface area contributed by atoms with Gasteiger partial charge in [0.05, 0.1) is 17.4 Å². The van der Waals surface area contributed by atoms with Crippen molar-refractivity contribution >= 4 is 17.0 Å². The van der Waals surface area contributed by atoms with Crippen molar-refractivity contribution in [2.45, 2.75) is 31.7 Å². The van der Waals surface area contributed by atoms with Crippen LogP contribution in [0.5, 0.6) is 0 Å². The number of aliphatic hydroxyl groups is 1. The summed E-state index contributed by atoms with van der Waals surface area (Å²) in [6.07, 6.45) is 6.03. The highest BCUT2D eigenvalue weighted by molar-refractivity contribution is 6.00. The van der Waals surface area contributed by atoms with Gasteiger partial charge in [-0.15, -0.1) is 0 Å². The standard InChI is InChI=1S/C15H18N2O3/c18-8-10-4-1-2-6-12(10)17-9-16-14-11(15(19)20)5-3-7-13(14)17/h3,5,7,9-10,12,18H,1-2,4,6,8H2,(H,19,20). The topological polar surface area (TPSA) is 75.3 Å². The molecular formula is C15H18N2O3. The lowest BCUT2D eigenvalue weighted by atomic mass is 9.85. The number of imidazole rings is 1. The van der Waals surface area contributed by atoms with Crippen LogP contribution in [0.3, 0.4) is 0 Å². The van der Waals surface area contributed by atoms with Crippen LogP contribution in [-0.4, -0.2) is 32.3 Å². The molecule has 0 spiro atoms. The number of rotatable bonds is 3. The van der Waals surface area contributed by atoms with Crippen LogP contribution < -0.4 is 0 Å². The largest absolute Gasteiger partial charge is 0.478 e. The fourth-order valence-corrected chi connectivity index (χ4v) is 3.26. The number of hydrogen-bond donors (Lipinski definition) is 2. The fourth-order valence-electron chi connectivity index (χ4n) is 3.26. The summed E-state index contributed by atoms with van der Waals surface area (Å²) in [5, 5.41) is 18.8. The van der Waals surface area contributed by atoms with Crippen molar-refractivity contribution in [1.82, 2.24) is 9.55 Å². The summed E-state index contributed by atoms with van der Waals surface area (Å²) >= 11 is 0. The third kappa shape index (κ3) is 2.08. The average molecular weight is 274 g/mol. The first-order valence-corrected chi connectivity index (χ1v) is 7.02. The van der Waals surface area contributed by atoms with Gasteiger partial charge in [0, 0.05) is 18.6 Å². The number of aliphatic hydroxyl groups excluding tert-OH is 1. The molecule has 1 aliphatic carbocycles. The Hall–Kier alpha value is -1.88. The molecule has 1 aromatic carbocycles. The quantitative estimate of drug-likeness (QED) is 0.901. The molecule has 20 heavy (non-hydrogen) atoms. The van der Waals surface area contributed by atoms with Crippen LogP contribution in [0, 0.1) is 5.92 Å². The monoisotopic (exact) mass is 274 g/mol. The van der Waals surface area contributed by atoms with Gasteiger partial charge in [-0.2, -0.15) is 0 Å². The smallest absolute Gasteiger partial charge is 0.337 e. The third-order valence-electron chi connectivity index (χ3n) is 4.30. The molecule has 2 N–H and O–H groups in total. The zero-order chi connectivity index (χ0) is 14.1. The van der Waals surface area contributed by atoms with Crippen molar-refractivity contribution in [3.63, 3.8) is 0 Å². The maximum atomic E-state index is 11.2. The van der Waals surface area contributed by atoms with Crippen molar-refractivity contribution < 1.29 is 15.0 Å². The van der Waals surface area contributed by atoms with Gasteiger partial charge in [0.2, 0.25) is 0 Å². The van der Waals surface area contributed by atoms with Gasteiger partial charge in [-0.25, -0.2) is 9.78 Å². The lowest BCUT2D eigenvalue weighted by Gasteiger charge is -2.31. The molecule has 5 nitrogen and oxygen atoms in total. The summed E-state index contributed by atoms with van der Waals surface area (Å²) in [6.45, 7) is 0.170. The predicted molar refractivity (Wildman–Crippen MR) is 74.8 cm³/mol. The van der Waals surface area contributed by atoms with E-state index < -0.39 is 5.97 Å². The van der Waals surface area contributed by atoms with Crippen LogP contribution in [0.25, 0.3) is 11.0 Å². The SMILES string of the molecule is O=C(O)c1cccc2c1ncn2C1CCCCC1CO. The number of nitrogens with zero attached hydrogens (tertiary/aromatic N) is 2.